The Bertz CT molecular complexity index is 593. The van der Waals surface area contributed by atoms with Gasteiger partial charge in [0.2, 0.25) is 6.79 Å². The van der Waals surface area contributed by atoms with Crippen molar-refractivity contribution in [2.75, 3.05) is 6.79 Å². The second kappa shape index (κ2) is 5.43. The average Bonchev–Trinajstić information content (AvgIpc) is 2.93. The number of rotatable bonds is 4. The molecule has 0 aromatic heterocycles. The standard InChI is InChI=1S/C16H17NO3/c1-11(17)13-3-5-14(6-4-13)18-9-12-2-7-15-16(8-12)20-10-19-15/h2-8,11H,9-10,17H2,1H3/t11-/m0/s1. The number of fused-ring (bicyclic) bond motifs is 1. The van der Waals surface area contributed by atoms with E-state index in [0.717, 1.165) is 28.4 Å². The van der Waals surface area contributed by atoms with Crippen LogP contribution in [0.1, 0.15) is 24.1 Å². The molecule has 0 unspecified atom stereocenters. The topological polar surface area (TPSA) is 53.7 Å². The third kappa shape index (κ3) is 2.70. The highest BCUT2D eigenvalue weighted by atomic mass is 16.7. The number of hydrogen-bond donors (Lipinski definition) is 1. The zero-order valence-electron chi connectivity index (χ0n) is 11.3. The molecular weight excluding hydrogens is 254 g/mol. The maximum atomic E-state index is 5.81. The van der Waals surface area contributed by atoms with Gasteiger partial charge in [-0.25, -0.2) is 0 Å². The molecule has 4 heteroatoms. The predicted octanol–water partition coefficient (Wildman–Crippen LogP) is 3.01. The maximum absolute atomic E-state index is 5.81. The van der Waals surface area contributed by atoms with Gasteiger partial charge in [0.15, 0.2) is 11.5 Å². The third-order valence-corrected chi connectivity index (χ3v) is 3.25. The summed E-state index contributed by atoms with van der Waals surface area (Å²) in [6.07, 6.45) is 0. The van der Waals surface area contributed by atoms with Crippen LogP contribution < -0.4 is 19.9 Å². The minimum absolute atomic E-state index is 0.0397. The Labute approximate surface area is 118 Å². The monoisotopic (exact) mass is 271 g/mol. The zero-order valence-corrected chi connectivity index (χ0v) is 11.3. The first-order valence-corrected chi connectivity index (χ1v) is 6.59. The van der Waals surface area contributed by atoms with Crippen molar-refractivity contribution in [3.8, 4) is 17.2 Å². The second-order valence-electron chi connectivity index (χ2n) is 4.83. The summed E-state index contributed by atoms with van der Waals surface area (Å²) >= 11 is 0. The van der Waals surface area contributed by atoms with Gasteiger partial charge in [0.05, 0.1) is 0 Å². The van der Waals surface area contributed by atoms with E-state index >= 15 is 0 Å². The highest BCUT2D eigenvalue weighted by Gasteiger charge is 2.13. The molecule has 0 aliphatic carbocycles. The van der Waals surface area contributed by atoms with E-state index in [9.17, 15) is 0 Å². The van der Waals surface area contributed by atoms with Gasteiger partial charge in [-0.05, 0) is 42.3 Å². The lowest BCUT2D eigenvalue weighted by Crippen LogP contribution is -2.04. The molecule has 2 aromatic rings. The lowest BCUT2D eigenvalue weighted by molar-refractivity contribution is 0.174. The van der Waals surface area contributed by atoms with Crippen molar-refractivity contribution in [2.45, 2.75) is 19.6 Å². The summed E-state index contributed by atoms with van der Waals surface area (Å²) in [7, 11) is 0. The lowest BCUT2D eigenvalue weighted by atomic mass is 10.1. The molecule has 0 saturated heterocycles. The summed E-state index contributed by atoms with van der Waals surface area (Å²) in [5, 5.41) is 0. The van der Waals surface area contributed by atoms with Gasteiger partial charge < -0.3 is 19.9 Å². The molecule has 0 fully saturated rings. The van der Waals surface area contributed by atoms with Crippen LogP contribution in [-0.2, 0) is 6.61 Å². The van der Waals surface area contributed by atoms with Crippen molar-refractivity contribution in [2.24, 2.45) is 5.73 Å². The van der Waals surface area contributed by atoms with Crippen molar-refractivity contribution in [3.05, 3.63) is 53.6 Å². The predicted molar refractivity (Wildman–Crippen MR) is 75.9 cm³/mol. The van der Waals surface area contributed by atoms with Crippen LogP contribution in [0.2, 0.25) is 0 Å². The van der Waals surface area contributed by atoms with Crippen LogP contribution in [-0.4, -0.2) is 6.79 Å². The number of nitrogens with two attached hydrogens (primary N) is 1. The van der Waals surface area contributed by atoms with Crippen molar-refractivity contribution in [3.63, 3.8) is 0 Å². The van der Waals surface area contributed by atoms with E-state index in [1.54, 1.807) is 0 Å². The van der Waals surface area contributed by atoms with Crippen LogP contribution in [0.5, 0.6) is 17.2 Å². The number of benzene rings is 2. The van der Waals surface area contributed by atoms with Gasteiger partial charge in [0.25, 0.3) is 0 Å². The van der Waals surface area contributed by atoms with E-state index < -0.39 is 0 Å². The molecule has 1 atom stereocenters. The van der Waals surface area contributed by atoms with Crippen molar-refractivity contribution in [1.29, 1.82) is 0 Å². The summed E-state index contributed by atoms with van der Waals surface area (Å²) < 4.78 is 16.4. The molecular formula is C16H17NO3. The molecule has 0 radical (unpaired) electrons. The van der Waals surface area contributed by atoms with Crippen LogP contribution in [0, 0.1) is 0 Å². The zero-order chi connectivity index (χ0) is 13.9. The minimum atomic E-state index is 0.0397. The van der Waals surface area contributed by atoms with Gasteiger partial charge in [0, 0.05) is 6.04 Å². The van der Waals surface area contributed by atoms with Crippen LogP contribution >= 0.6 is 0 Å². The van der Waals surface area contributed by atoms with Crippen molar-refractivity contribution >= 4 is 0 Å². The van der Waals surface area contributed by atoms with Gasteiger partial charge in [-0.15, -0.1) is 0 Å². The molecule has 1 aliphatic heterocycles. The molecule has 0 bridgehead atoms. The molecule has 2 aromatic carbocycles. The summed E-state index contributed by atoms with van der Waals surface area (Å²) in [6, 6.07) is 13.7. The Morgan fingerprint density at radius 3 is 2.60 bits per heavy atom. The van der Waals surface area contributed by atoms with E-state index in [1.807, 2.05) is 49.4 Å². The first-order chi connectivity index (χ1) is 9.72. The fourth-order valence-corrected chi connectivity index (χ4v) is 2.07. The summed E-state index contributed by atoms with van der Waals surface area (Å²) in [6.45, 7) is 2.75. The molecule has 1 heterocycles. The fourth-order valence-electron chi connectivity index (χ4n) is 2.07. The SMILES string of the molecule is C[C@H](N)c1ccc(OCc2ccc3c(c2)OCO3)cc1. The van der Waals surface area contributed by atoms with Crippen LogP contribution in [0.25, 0.3) is 0 Å². The van der Waals surface area contributed by atoms with Crippen LogP contribution in [0.4, 0.5) is 0 Å². The molecule has 4 nitrogen and oxygen atoms in total. The Balaban J connectivity index is 1.64. The summed E-state index contributed by atoms with van der Waals surface area (Å²) in [5.74, 6) is 2.39. The van der Waals surface area contributed by atoms with E-state index in [0.29, 0.717) is 13.4 Å². The third-order valence-electron chi connectivity index (χ3n) is 3.25. The molecule has 1 aliphatic rings. The highest BCUT2D eigenvalue weighted by Crippen LogP contribution is 2.32. The van der Waals surface area contributed by atoms with Crippen LogP contribution in [0.15, 0.2) is 42.5 Å². The quantitative estimate of drug-likeness (QED) is 0.928. The largest absolute Gasteiger partial charge is 0.489 e. The summed E-state index contributed by atoms with van der Waals surface area (Å²) in [4.78, 5) is 0. The number of hydrogen-bond acceptors (Lipinski definition) is 4. The normalized spacial score (nSPS) is 14.1. The lowest BCUT2D eigenvalue weighted by Gasteiger charge is -2.09. The van der Waals surface area contributed by atoms with E-state index in [1.165, 1.54) is 0 Å². The maximum Gasteiger partial charge on any atom is 0.231 e. The molecule has 0 spiro atoms. The number of ether oxygens (including phenoxy) is 3. The van der Waals surface area contributed by atoms with Gasteiger partial charge in [0.1, 0.15) is 12.4 Å². The molecule has 0 saturated carbocycles. The van der Waals surface area contributed by atoms with E-state index in [-0.39, 0.29) is 6.04 Å². The summed E-state index contributed by atoms with van der Waals surface area (Å²) in [5.41, 5.74) is 7.96. The molecule has 104 valence electrons. The Hall–Kier alpha value is -2.20. The van der Waals surface area contributed by atoms with Gasteiger partial charge in [-0.2, -0.15) is 0 Å². The molecule has 20 heavy (non-hydrogen) atoms. The minimum Gasteiger partial charge on any atom is -0.489 e. The van der Waals surface area contributed by atoms with Crippen LogP contribution in [0.3, 0.4) is 0 Å². The van der Waals surface area contributed by atoms with Gasteiger partial charge in [-0.1, -0.05) is 18.2 Å². The van der Waals surface area contributed by atoms with E-state index in [2.05, 4.69) is 0 Å². The van der Waals surface area contributed by atoms with Crippen molar-refractivity contribution < 1.29 is 14.2 Å². The Kier molecular flexibility index (Phi) is 3.48. The Morgan fingerprint density at radius 1 is 1.10 bits per heavy atom. The first kappa shape index (κ1) is 12.8. The Morgan fingerprint density at radius 2 is 1.85 bits per heavy atom. The second-order valence-corrected chi connectivity index (χ2v) is 4.83. The van der Waals surface area contributed by atoms with Crippen molar-refractivity contribution in [1.82, 2.24) is 0 Å². The fraction of sp³-hybridized carbons (Fsp3) is 0.250. The smallest absolute Gasteiger partial charge is 0.231 e. The van der Waals surface area contributed by atoms with E-state index in [4.69, 9.17) is 19.9 Å². The molecule has 3 rings (SSSR count). The van der Waals surface area contributed by atoms with Gasteiger partial charge >= 0.3 is 0 Å². The van der Waals surface area contributed by atoms with Gasteiger partial charge in [-0.3, -0.25) is 0 Å². The first-order valence-electron chi connectivity index (χ1n) is 6.59. The average molecular weight is 271 g/mol. The molecule has 2 N–H and O–H groups in total. The molecule has 0 amide bonds. The highest BCUT2D eigenvalue weighted by molar-refractivity contribution is 5.44.